The van der Waals surface area contributed by atoms with E-state index in [2.05, 4.69) is 15.2 Å². The van der Waals surface area contributed by atoms with Crippen molar-refractivity contribution < 1.29 is 14.3 Å². The molecular weight excluding hydrogens is 530 g/mol. The Morgan fingerprint density at radius 1 is 0.929 bits per heavy atom. The molecule has 0 bridgehead atoms. The average Bonchev–Trinajstić information content (AvgIpc) is 3.61. The van der Waals surface area contributed by atoms with E-state index in [1.165, 1.54) is 0 Å². The van der Waals surface area contributed by atoms with Crippen LogP contribution in [0.25, 0.3) is 11.3 Å². The Hall–Kier alpha value is -5.51. The zero-order valence-corrected chi connectivity index (χ0v) is 23.3. The summed E-state index contributed by atoms with van der Waals surface area (Å²) < 4.78 is 15.4. The van der Waals surface area contributed by atoms with Crippen LogP contribution in [0.1, 0.15) is 46.6 Å². The van der Waals surface area contributed by atoms with Crippen molar-refractivity contribution in [2.75, 3.05) is 7.11 Å². The molecule has 0 N–H and O–H groups in total. The highest BCUT2D eigenvalue weighted by Gasteiger charge is 2.38. The number of aryl methyl sites for hydroxylation is 1. The number of aromatic nitrogens is 6. The molecule has 3 aromatic carbocycles. The summed E-state index contributed by atoms with van der Waals surface area (Å²) in [6.45, 7) is 4.00. The molecule has 0 fully saturated rings. The van der Waals surface area contributed by atoms with Crippen LogP contribution in [0.4, 0.5) is 0 Å². The van der Waals surface area contributed by atoms with Gasteiger partial charge in [-0.1, -0.05) is 65.8 Å². The van der Waals surface area contributed by atoms with Crippen LogP contribution >= 0.6 is 0 Å². The second kappa shape index (κ2) is 10.5. The maximum atomic E-state index is 6.49. The summed E-state index contributed by atoms with van der Waals surface area (Å²) in [5.74, 6) is 2.06. The fourth-order valence-corrected chi connectivity index (χ4v) is 5.28. The van der Waals surface area contributed by atoms with Gasteiger partial charge in [-0.25, -0.2) is 19.2 Å². The minimum atomic E-state index is -0.264. The van der Waals surface area contributed by atoms with E-state index in [0.717, 1.165) is 45.1 Å². The lowest BCUT2D eigenvalue weighted by Crippen LogP contribution is -2.16. The van der Waals surface area contributed by atoms with Gasteiger partial charge in [0.1, 0.15) is 12.1 Å². The molecule has 1 unspecified atom stereocenters. The van der Waals surface area contributed by atoms with Gasteiger partial charge in [0.25, 0.3) is 0 Å². The highest BCUT2D eigenvalue weighted by atomic mass is 16.6. The lowest BCUT2D eigenvalue weighted by Gasteiger charge is -2.26. The second-order valence-corrected chi connectivity index (χ2v) is 9.94. The number of oxime groups is 1. The Morgan fingerprint density at radius 3 is 2.40 bits per heavy atom. The molecule has 3 aromatic heterocycles. The second-order valence-electron chi connectivity index (χ2n) is 9.94. The van der Waals surface area contributed by atoms with Gasteiger partial charge < -0.3 is 14.3 Å². The molecule has 0 amide bonds. The number of rotatable bonds is 7. The summed E-state index contributed by atoms with van der Waals surface area (Å²) >= 11 is 0. The monoisotopic (exact) mass is 557 g/mol. The Labute approximate surface area is 241 Å². The first-order chi connectivity index (χ1) is 20.6. The Bertz CT molecular complexity index is 1910. The Balaban J connectivity index is 1.32. The number of nitrogens with zero attached hydrogens (tertiary/aromatic N) is 7. The topological polar surface area (TPSA) is 101 Å². The quantitative estimate of drug-likeness (QED) is 0.179. The van der Waals surface area contributed by atoms with E-state index in [9.17, 15) is 0 Å². The minimum Gasteiger partial charge on any atom is -0.497 e. The molecule has 1 atom stereocenters. The van der Waals surface area contributed by atoms with E-state index in [-0.39, 0.29) is 12.5 Å². The lowest BCUT2D eigenvalue weighted by atomic mass is 9.84. The van der Waals surface area contributed by atoms with Crippen LogP contribution in [0.2, 0.25) is 0 Å². The van der Waals surface area contributed by atoms with Gasteiger partial charge in [-0.2, -0.15) is 5.10 Å². The van der Waals surface area contributed by atoms with Crippen LogP contribution in [0.3, 0.4) is 0 Å². The van der Waals surface area contributed by atoms with Gasteiger partial charge >= 0.3 is 0 Å². The van der Waals surface area contributed by atoms with Crippen LogP contribution in [0, 0.1) is 6.92 Å². The maximum absolute atomic E-state index is 6.49. The third kappa shape index (κ3) is 4.43. The van der Waals surface area contributed by atoms with Crippen molar-refractivity contribution in [3.8, 4) is 23.2 Å². The van der Waals surface area contributed by atoms with Gasteiger partial charge in [0.2, 0.25) is 11.8 Å². The highest BCUT2D eigenvalue weighted by molar-refractivity contribution is 5.98. The average molecular weight is 558 g/mol. The van der Waals surface area contributed by atoms with Crippen LogP contribution in [0.15, 0.2) is 96.4 Å². The van der Waals surface area contributed by atoms with Crippen LogP contribution in [-0.2, 0) is 11.4 Å². The van der Waals surface area contributed by atoms with Crippen molar-refractivity contribution in [1.29, 1.82) is 0 Å². The molecule has 0 radical (unpaired) electrons. The molecule has 10 nitrogen and oxygen atoms in total. The van der Waals surface area contributed by atoms with Gasteiger partial charge in [-0.3, -0.25) is 0 Å². The van der Waals surface area contributed by atoms with Crippen LogP contribution < -0.4 is 9.47 Å². The number of para-hydroxylation sites is 1. The fourth-order valence-electron chi connectivity index (χ4n) is 5.28. The van der Waals surface area contributed by atoms with Gasteiger partial charge in [0, 0.05) is 0 Å². The van der Waals surface area contributed by atoms with Gasteiger partial charge in [0.15, 0.2) is 18.1 Å². The first-order valence-corrected chi connectivity index (χ1v) is 13.5. The van der Waals surface area contributed by atoms with Crippen molar-refractivity contribution >= 4 is 11.4 Å². The standard InChI is InChI=1S/C32H27N7O3/c1-20(22-10-6-4-7-11-22)37-41-18-26-34-30-29-28(23-14-16-25(40-3)17-15-23)27-21(2)35-39(24-12-8-5-9-13-24)32(27)42-31(29)33-19-38(30)36-26/h4-17,19,28H,18H2,1-3H3. The first-order valence-electron chi connectivity index (χ1n) is 13.5. The molecule has 6 aromatic rings. The van der Waals surface area contributed by atoms with E-state index in [0.29, 0.717) is 23.2 Å². The smallest absolute Gasteiger partial charge is 0.230 e. The molecule has 4 heterocycles. The summed E-state index contributed by atoms with van der Waals surface area (Å²) in [7, 11) is 1.66. The fraction of sp³-hybridized carbons (Fsp3) is 0.156. The largest absolute Gasteiger partial charge is 0.497 e. The molecule has 0 saturated carbocycles. The number of fused-ring (bicyclic) bond motifs is 4. The third-order valence-electron chi connectivity index (χ3n) is 7.30. The van der Waals surface area contributed by atoms with E-state index in [4.69, 9.17) is 24.4 Å². The number of hydrogen-bond donors (Lipinski definition) is 0. The SMILES string of the molecule is COc1ccc(C2c3c(C)nn(-c4ccccc4)c3Oc3ncn4nc(CON=C(C)c5ccccc5)nc4c32)cc1. The lowest BCUT2D eigenvalue weighted by molar-refractivity contribution is 0.125. The highest BCUT2D eigenvalue weighted by Crippen LogP contribution is 2.49. The van der Waals surface area contributed by atoms with Gasteiger partial charge in [0.05, 0.1) is 41.2 Å². The normalized spacial score (nSPS) is 14.3. The number of ether oxygens (including phenoxy) is 2. The predicted molar refractivity (Wildman–Crippen MR) is 157 cm³/mol. The summed E-state index contributed by atoms with van der Waals surface area (Å²) in [6.07, 6.45) is 1.61. The molecule has 0 saturated heterocycles. The zero-order valence-electron chi connectivity index (χ0n) is 23.3. The summed E-state index contributed by atoms with van der Waals surface area (Å²) in [5.41, 5.74) is 6.88. The van der Waals surface area contributed by atoms with Crippen molar-refractivity contribution in [1.82, 2.24) is 29.4 Å². The molecule has 1 aliphatic rings. The molecule has 42 heavy (non-hydrogen) atoms. The number of hydrogen-bond acceptors (Lipinski definition) is 8. The van der Waals surface area contributed by atoms with E-state index < -0.39 is 0 Å². The first kappa shape index (κ1) is 25.5. The van der Waals surface area contributed by atoms with Gasteiger partial charge in [-0.05, 0) is 49.2 Å². The van der Waals surface area contributed by atoms with Gasteiger partial charge in [-0.15, -0.1) is 5.10 Å². The maximum Gasteiger partial charge on any atom is 0.230 e. The van der Waals surface area contributed by atoms with Crippen molar-refractivity contribution in [2.45, 2.75) is 26.4 Å². The molecule has 0 aliphatic carbocycles. The summed E-state index contributed by atoms with van der Waals surface area (Å²) in [6, 6.07) is 27.8. The van der Waals surface area contributed by atoms with E-state index in [1.54, 1.807) is 18.0 Å². The number of methoxy groups -OCH3 is 1. The zero-order chi connectivity index (χ0) is 28.6. The number of benzene rings is 3. The Morgan fingerprint density at radius 2 is 1.67 bits per heavy atom. The van der Waals surface area contributed by atoms with E-state index in [1.807, 2.05) is 103 Å². The molecule has 208 valence electrons. The summed E-state index contributed by atoms with van der Waals surface area (Å²) in [4.78, 5) is 15.2. The molecule has 10 heteroatoms. The van der Waals surface area contributed by atoms with Crippen molar-refractivity contribution in [3.63, 3.8) is 0 Å². The third-order valence-corrected chi connectivity index (χ3v) is 7.30. The molecule has 7 rings (SSSR count). The van der Waals surface area contributed by atoms with Crippen molar-refractivity contribution in [2.24, 2.45) is 5.16 Å². The van der Waals surface area contributed by atoms with Crippen molar-refractivity contribution in [3.05, 3.63) is 125 Å². The van der Waals surface area contributed by atoms with Crippen LogP contribution in [-0.4, -0.2) is 42.2 Å². The molecular formula is C32H27N7O3. The van der Waals surface area contributed by atoms with Crippen LogP contribution in [0.5, 0.6) is 17.5 Å². The Kier molecular flexibility index (Phi) is 6.35. The molecule has 0 spiro atoms. The summed E-state index contributed by atoms with van der Waals surface area (Å²) in [5, 5.41) is 13.8. The minimum absolute atomic E-state index is 0.102. The molecule has 1 aliphatic heterocycles. The predicted octanol–water partition coefficient (Wildman–Crippen LogP) is 5.85. The van der Waals surface area contributed by atoms with E-state index >= 15 is 0 Å².